The number of aromatic nitrogens is 2. The number of rotatable bonds is 4. The zero-order chi connectivity index (χ0) is 13.1. The number of nitrogens with one attached hydrogen (secondary N) is 1. The molecule has 2 rings (SSSR count). The van der Waals surface area contributed by atoms with Crippen LogP contribution >= 0.6 is 0 Å². The lowest BCUT2D eigenvalue weighted by Crippen LogP contribution is -2.33. The van der Waals surface area contributed by atoms with Gasteiger partial charge >= 0.3 is 5.97 Å². The molecule has 0 aromatic carbocycles. The minimum Gasteiger partial charge on any atom is -0.481 e. The van der Waals surface area contributed by atoms with E-state index < -0.39 is 11.9 Å². The van der Waals surface area contributed by atoms with Gasteiger partial charge in [0, 0.05) is 20.3 Å². The monoisotopic (exact) mass is 252 g/mol. The fraction of sp³-hybridized carbons (Fsp3) is 0.545. The van der Waals surface area contributed by atoms with Crippen LogP contribution in [0, 0.1) is 5.92 Å². The van der Waals surface area contributed by atoms with Gasteiger partial charge in [-0.2, -0.15) is 4.98 Å². The maximum Gasteiger partial charge on any atom is 0.311 e. The largest absolute Gasteiger partial charge is 0.481 e. The van der Waals surface area contributed by atoms with Gasteiger partial charge < -0.3 is 20.1 Å². The summed E-state index contributed by atoms with van der Waals surface area (Å²) < 4.78 is 5.18. The molecule has 2 N–H and O–H groups in total. The van der Waals surface area contributed by atoms with Crippen LogP contribution in [0.5, 0.6) is 0 Å². The molecule has 1 saturated heterocycles. The first kappa shape index (κ1) is 12.6. The normalized spacial score (nSPS) is 22.8. The molecule has 1 aliphatic heterocycles. The van der Waals surface area contributed by atoms with Gasteiger partial charge in [0.05, 0.1) is 19.3 Å². The molecule has 1 aromatic heterocycles. The van der Waals surface area contributed by atoms with Crippen molar-refractivity contribution in [2.45, 2.75) is 6.04 Å². The Bertz CT molecular complexity index is 438. The smallest absolute Gasteiger partial charge is 0.311 e. The first-order valence-electron chi connectivity index (χ1n) is 5.65. The predicted octanol–water partition coefficient (Wildman–Crippen LogP) is 0.0541. The molecular formula is C11H16N4O3. The quantitative estimate of drug-likeness (QED) is 0.783. The van der Waals surface area contributed by atoms with E-state index >= 15 is 0 Å². The minimum absolute atomic E-state index is 0.235. The van der Waals surface area contributed by atoms with E-state index in [2.05, 4.69) is 15.3 Å². The summed E-state index contributed by atoms with van der Waals surface area (Å²) in [6, 6.07) is 1.46. The summed E-state index contributed by atoms with van der Waals surface area (Å²) in [5.41, 5.74) is 0. The minimum atomic E-state index is -0.855. The third-order valence-electron chi connectivity index (χ3n) is 2.77. The number of carboxylic acids is 1. The second kappa shape index (κ2) is 5.18. The number of carboxylic acid groups (broad SMARTS) is 1. The molecule has 0 bridgehead atoms. The first-order valence-corrected chi connectivity index (χ1v) is 5.65. The second-order valence-electron chi connectivity index (χ2n) is 4.37. The van der Waals surface area contributed by atoms with Crippen molar-refractivity contribution in [2.75, 3.05) is 37.5 Å². The molecule has 0 saturated carbocycles. The molecule has 98 valence electrons. The highest BCUT2D eigenvalue weighted by molar-refractivity contribution is 5.72. The van der Waals surface area contributed by atoms with Crippen LogP contribution in [0.15, 0.2) is 12.3 Å². The molecule has 1 aliphatic rings. The third-order valence-corrected chi connectivity index (χ3v) is 2.77. The van der Waals surface area contributed by atoms with Crippen molar-refractivity contribution in [1.82, 2.24) is 9.97 Å². The number of hydrogen-bond acceptors (Lipinski definition) is 6. The van der Waals surface area contributed by atoms with Gasteiger partial charge in [-0.15, -0.1) is 0 Å². The molecule has 1 fully saturated rings. The molecule has 18 heavy (non-hydrogen) atoms. The second-order valence-corrected chi connectivity index (χ2v) is 4.37. The van der Waals surface area contributed by atoms with E-state index in [0.717, 1.165) is 0 Å². The zero-order valence-corrected chi connectivity index (χ0v) is 10.3. The molecule has 0 spiro atoms. The number of aliphatic carboxylic acids is 1. The zero-order valence-electron chi connectivity index (χ0n) is 10.3. The molecule has 0 radical (unpaired) electrons. The Morgan fingerprint density at radius 3 is 3.00 bits per heavy atom. The summed E-state index contributed by atoms with van der Waals surface area (Å²) >= 11 is 0. The van der Waals surface area contributed by atoms with Crippen molar-refractivity contribution >= 4 is 17.7 Å². The maximum atomic E-state index is 11.0. The fourth-order valence-corrected chi connectivity index (χ4v) is 1.77. The van der Waals surface area contributed by atoms with Crippen molar-refractivity contribution in [2.24, 2.45) is 5.92 Å². The van der Waals surface area contributed by atoms with E-state index in [1.54, 1.807) is 17.2 Å². The van der Waals surface area contributed by atoms with Gasteiger partial charge in [0.15, 0.2) is 0 Å². The van der Waals surface area contributed by atoms with Crippen LogP contribution < -0.4 is 10.2 Å². The summed E-state index contributed by atoms with van der Waals surface area (Å²) in [7, 11) is 3.69. The number of anilines is 2. The Kier molecular flexibility index (Phi) is 3.61. The highest BCUT2D eigenvalue weighted by Crippen LogP contribution is 2.18. The van der Waals surface area contributed by atoms with Crippen molar-refractivity contribution < 1.29 is 14.6 Å². The molecule has 0 amide bonds. The summed E-state index contributed by atoms with van der Waals surface area (Å²) in [5, 5.41) is 12.1. The van der Waals surface area contributed by atoms with Crippen LogP contribution in [0.1, 0.15) is 0 Å². The predicted molar refractivity (Wildman–Crippen MR) is 65.7 cm³/mol. The van der Waals surface area contributed by atoms with Crippen LogP contribution in [0.4, 0.5) is 11.8 Å². The molecule has 2 heterocycles. The lowest BCUT2D eigenvalue weighted by Gasteiger charge is -2.17. The van der Waals surface area contributed by atoms with Crippen molar-refractivity contribution in [3.05, 3.63) is 12.3 Å². The van der Waals surface area contributed by atoms with Crippen molar-refractivity contribution in [3.63, 3.8) is 0 Å². The van der Waals surface area contributed by atoms with Gasteiger partial charge in [-0.1, -0.05) is 0 Å². The molecule has 7 heteroatoms. The van der Waals surface area contributed by atoms with Crippen molar-refractivity contribution in [1.29, 1.82) is 0 Å². The molecule has 7 nitrogen and oxygen atoms in total. The summed E-state index contributed by atoms with van der Waals surface area (Å²) in [6.45, 7) is 0.608. The number of ether oxygens (including phenoxy) is 1. The highest BCUT2D eigenvalue weighted by Gasteiger charge is 2.34. The van der Waals surface area contributed by atoms with E-state index in [-0.39, 0.29) is 12.6 Å². The highest BCUT2D eigenvalue weighted by atomic mass is 16.5. The number of hydrogen-bond donors (Lipinski definition) is 2. The molecule has 2 atom stereocenters. The van der Waals surface area contributed by atoms with Crippen LogP contribution in [-0.4, -0.2) is 54.4 Å². The number of carbonyl (C=O) groups is 1. The van der Waals surface area contributed by atoms with Gasteiger partial charge in [0.1, 0.15) is 11.7 Å². The van der Waals surface area contributed by atoms with E-state index in [1.807, 2.05) is 14.1 Å². The van der Waals surface area contributed by atoms with Crippen molar-refractivity contribution in [3.8, 4) is 0 Å². The van der Waals surface area contributed by atoms with E-state index in [0.29, 0.717) is 18.4 Å². The summed E-state index contributed by atoms with van der Waals surface area (Å²) in [5.74, 6) is -0.212. The van der Waals surface area contributed by atoms with E-state index in [9.17, 15) is 4.79 Å². The van der Waals surface area contributed by atoms with Crippen LogP contribution in [-0.2, 0) is 9.53 Å². The Labute approximate surface area is 105 Å². The van der Waals surface area contributed by atoms with Crippen LogP contribution in [0.25, 0.3) is 0 Å². The Hall–Kier alpha value is -1.89. The molecule has 1 aromatic rings. The maximum absolute atomic E-state index is 11.0. The molecule has 0 aliphatic carbocycles. The topological polar surface area (TPSA) is 87.6 Å². The van der Waals surface area contributed by atoms with Gasteiger partial charge in [0.25, 0.3) is 0 Å². The lowest BCUT2D eigenvalue weighted by molar-refractivity contribution is -0.141. The van der Waals surface area contributed by atoms with Crippen LogP contribution in [0.3, 0.4) is 0 Å². The first-order chi connectivity index (χ1) is 8.58. The van der Waals surface area contributed by atoms with Gasteiger partial charge in [0.2, 0.25) is 5.95 Å². The average molecular weight is 252 g/mol. The Balaban J connectivity index is 2.09. The Morgan fingerprint density at radius 2 is 2.33 bits per heavy atom. The van der Waals surface area contributed by atoms with E-state index in [1.165, 1.54) is 0 Å². The van der Waals surface area contributed by atoms with Gasteiger partial charge in [-0.25, -0.2) is 4.98 Å². The SMILES string of the molecule is CN(C)c1nccc(NC2COCC2C(=O)O)n1. The van der Waals surface area contributed by atoms with E-state index in [4.69, 9.17) is 9.84 Å². The Morgan fingerprint density at radius 1 is 1.56 bits per heavy atom. The molecule has 2 unspecified atom stereocenters. The summed E-state index contributed by atoms with van der Waals surface area (Å²) in [4.78, 5) is 21.2. The third kappa shape index (κ3) is 2.67. The fourth-order valence-electron chi connectivity index (χ4n) is 1.77. The molecular weight excluding hydrogens is 236 g/mol. The number of nitrogens with zero attached hydrogens (tertiary/aromatic N) is 3. The van der Waals surface area contributed by atoms with Gasteiger partial charge in [-0.05, 0) is 6.07 Å². The lowest BCUT2D eigenvalue weighted by atomic mass is 10.0. The average Bonchev–Trinajstić information content (AvgIpc) is 2.77. The standard InChI is InChI=1S/C11H16N4O3/c1-15(2)11-12-4-3-9(14-11)13-8-6-18-5-7(8)10(16)17/h3-4,7-8H,5-6H2,1-2H3,(H,16,17)(H,12,13,14). The van der Waals surface area contributed by atoms with Gasteiger partial charge in [-0.3, -0.25) is 4.79 Å². The summed E-state index contributed by atoms with van der Waals surface area (Å²) in [6.07, 6.45) is 1.64. The van der Waals surface area contributed by atoms with Crippen LogP contribution in [0.2, 0.25) is 0 Å².